The van der Waals surface area contributed by atoms with E-state index in [0.717, 1.165) is 40.8 Å². The van der Waals surface area contributed by atoms with Gasteiger partial charge < -0.3 is 14.5 Å². The molecule has 1 amide bonds. The van der Waals surface area contributed by atoms with Crippen molar-refractivity contribution in [3.8, 4) is 11.1 Å². The van der Waals surface area contributed by atoms with Crippen LogP contribution >= 0.6 is 38.9 Å². The Labute approximate surface area is 211 Å². The number of rotatable bonds is 3. The highest BCUT2D eigenvalue weighted by Crippen LogP contribution is 2.45. The first-order valence-corrected chi connectivity index (χ1v) is 13.6. The van der Waals surface area contributed by atoms with Crippen molar-refractivity contribution in [2.45, 2.75) is 50.6 Å². The van der Waals surface area contributed by atoms with Crippen LogP contribution in [0.4, 0.5) is 10.5 Å². The van der Waals surface area contributed by atoms with Gasteiger partial charge in [-0.1, -0.05) is 27.5 Å². The molecule has 0 aliphatic carbocycles. The topological polar surface area (TPSA) is 45.7 Å². The zero-order chi connectivity index (χ0) is 23.3. The highest BCUT2D eigenvalue weighted by molar-refractivity contribution is 9.08. The molecule has 5 nitrogen and oxygen atoms in total. The van der Waals surface area contributed by atoms with Gasteiger partial charge in [-0.15, -0.1) is 11.3 Å². The average molecular weight is 549 g/mol. The predicted octanol–water partition coefficient (Wildman–Crippen LogP) is 6.88. The highest BCUT2D eigenvalue weighted by Gasteiger charge is 2.39. The third-order valence-corrected chi connectivity index (χ3v) is 8.48. The number of aryl methyl sites for hydroxylation is 1. The van der Waals surface area contributed by atoms with Crippen molar-refractivity contribution >= 4 is 60.9 Å². The van der Waals surface area contributed by atoms with Crippen LogP contribution in [0.1, 0.15) is 37.6 Å². The number of carbonyl (C=O) groups is 1. The van der Waals surface area contributed by atoms with E-state index in [1.165, 1.54) is 26.4 Å². The normalized spacial score (nSPS) is 16.6. The second-order valence-electron chi connectivity index (χ2n) is 9.72. The highest BCUT2D eigenvalue weighted by atomic mass is 79.9. The molecule has 2 aromatic heterocycles. The molecule has 0 radical (unpaired) electrons. The van der Waals surface area contributed by atoms with Gasteiger partial charge in [-0.2, -0.15) is 0 Å². The molecule has 3 aromatic rings. The molecule has 0 N–H and O–H groups in total. The van der Waals surface area contributed by atoms with Crippen molar-refractivity contribution in [2.75, 3.05) is 24.5 Å². The fraction of sp³-hybridized carbons (Fsp3) is 0.440. The summed E-state index contributed by atoms with van der Waals surface area (Å²) < 4.78 is 6.74. The molecular formula is C25H27BrClN3O2S. The number of thiophene rings is 1. The molecule has 1 aromatic carbocycles. The standard InChI is InChI=1S/C25H27BrClN3O2S/c1-25(2,3)32-24(31)29-13-17(14-29)30-8-4-5-15-9-16(27)10-20(22(15)30)19-6-7-28-21-11-18(12-26)33-23(19)21/h6-7,9-11,17H,4-5,8,12-14H2,1-3H3. The number of fused-ring (bicyclic) bond motifs is 2. The molecule has 0 spiro atoms. The molecule has 174 valence electrons. The van der Waals surface area contributed by atoms with Gasteiger partial charge in [0.25, 0.3) is 0 Å². The van der Waals surface area contributed by atoms with E-state index in [1.54, 1.807) is 16.2 Å². The maximum absolute atomic E-state index is 12.5. The van der Waals surface area contributed by atoms with Crippen molar-refractivity contribution in [3.05, 3.63) is 45.9 Å². The van der Waals surface area contributed by atoms with Gasteiger partial charge in [-0.25, -0.2) is 4.79 Å². The third-order valence-electron chi connectivity index (χ3n) is 6.13. The van der Waals surface area contributed by atoms with Crippen LogP contribution in [0.25, 0.3) is 21.3 Å². The zero-order valence-corrected chi connectivity index (χ0v) is 22.2. The summed E-state index contributed by atoms with van der Waals surface area (Å²) in [5, 5.41) is 1.58. The molecule has 0 atom stereocenters. The smallest absolute Gasteiger partial charge is 0.410 e. The largest absolute Gasteiger partial charge is 0.444 e. The minimum atomic E-state index is -0.481. The number of hydrogen-bond donors (Lipinski definition) is 0. The molecule has 0 unspecified atom stereocenters. The quantitative estimate of drug-likeness (QED) is 0.335. The first kappa shape index (κ1) is 22.9. The minimum absolute atomic E-state index is 0.232. The number of pyridine rings is 1. The number of hydrogen-bond acceptors (Lipinski definition) is 5. The van der Waals surface area contributed by atoms with Gasteiger partial charge in [0.2, 0.25) is 0 Å². The second kappa shape index (κ2) is 8.75. The third kappa shape index (κ3) is 4.47. The van der Waals surface area contributed by atoms with E-state index < -0.39 is 5.60 Å². The van der Waals surface area contributed by atoms with Crippen LogP contribution in [0.3, 0.4) is 0 Å². The van der Waals surface area contributed by atoms with E-state index in [2.05, 4.69) is 50.1 Å². The lowest BCUT2D eigenvalue weighted by Gasteiger charge is -2.48. The van der Waals surface area contributed by atoms with Gasteiger partial charge in [-0.05, 0) is 63.4 Å². The Bertz CT molecular complexity index is 1220. The van der Waals surface area contributed by atoms with E-state index in [-0.39, 0.29) is 12.1 Å². The first-order valence-electron chi connectivity index (χ1n) is 11.2. The van der Waals surface area contributed by atoms with Crippen molar-refractivity contribution in [3.63, 3.8) is 0 Å². The monoisotopic (exact) mass is 547 g/mol. The van der Waals surface area contributed by atoms with Crippen LogP contribution in [0.15, 0.2) is 30.5 Å². The van der Waals surface area contributed by atoms with Gasteiger partial charge in [0.05, 0.1) is 16.3 Å². The lowest BCUT2D eigenvalue weighted by Crippen LogP contribution is -2.62. The number of amides is 1. The number of aromatic nitrogens is 1. The van der Waals surface area contributed by atoms with E-state index in [4.69, 9.17) is 16.3 Å². The Balaban J connectivity index is 1.51. The summed E-state index contributed by atoms with van der Waals surface area (Å²) in [7, 11) is 0. The molecule has 33 heavy (non-hydrogen) atoms. The predicted molar refractivity (Wildman–Crippen MR) is 140 cm³/mol. The van der Waals surface area contributed by atoms with Gasteiger partial charge in [0, 0.05) is 57.9 Å². The molecule has 4 heterocycles. The van der Waals surface area contributed by atoms with Gasteiger partial charge >= 0.3 is 6.09 Å². The van der Waals surface area contributed by atoms with Crippen LogP contribution < -0.4 is 4.90 Å². The van der Waals surface area contributed by atoms with Gasteiger partial charge in [0.15, 0.2) is 0 Å². The molecule has 1 saturated heterocycles. The van der Waals surface area contributed by atoms with E-state index in [0.29, 0.717) is 13.1 Å². The SMILES string of the molecule is CC(C)(C)OC(=O)N1CC(N2CCCc3cc(Cl)cc(-c4ccnc5cc(CBr)sc45)c32)C1. The summed E-state index contributed by atoms with van der Waals surface area (Å²) >= 11 is 12.0. The molecule has 0 bridgehead atoms. The number of benzene rings is 1. The second-order valence-corrected chi connectivity index (χ2v) is 11.9. The number of alkyl halides is 1. The summed E-state index contributed by atoms with van der Waals surface area (Å²) in [6.45, 7) is 8.03. The molecule has 5 rings (SSSR count). The van der Waals surface area contributed by atoms with Crippen molar-refractivity contribution in [1.29, 1.82) is 0 Å². The number of ether oxygens (including phenoxy) is 1. The Kier molecular flexibility index (Phi) is 6.08. The lowest BCUT2D eigenvalue weighted by atomic mass is 9.91. The number of nitrogens with zero attached hydrogens (tertiary/aromatic N) is 3. The lowest BCUT2D eigenvalue weighted by molar-refractivity contribution is 0.00802. The van der Waals surface area contributed by atoms with E-state index >= 15 is 0 Å². The summed E-state index contributed by atoms with van der Waals surface area (Å²) in [5.74, 6) is 0. The Morgan fingerprint density at radius 1 is 1.27 bits per heavy atom. The van der Waals surface area contributed by atoms with Crippen molar-refractivity contribution in [2.24, 2.45) is 0 Å². The van der Waals surface area contributed by atoms with Crippen LogP contribution in [0.2, 0.25) is 5.02 Å². The minimum Gasteiger partial charge on any atom is -0.444 e. The number of carbonyl (C=O) groups excluding carboxylic acids is 1. The summed E-state index contributed by atoms with van der Waals surface area (Å²) in [6.07, 6.45) is 3.74. The number of halogens is 2. The van der Waals surface area contributed by atoms with Crippen LogP contribution in [0.5, 0.6) is 0 Å². The van der Waals surface area contributed by atoms with Crippen LogP contribution in [0, 0.1) is 0 Å². The van der Waals surface area contributed by atoms with Crippen LogP contribution in [-0.4, -0.2) is 47.3 Å². The maximum atomic E-state index is 12.5. The first-order chi connectivity index (χ1) is 15.7. The average Bonchev–Trinajstić information content (AvgIpc) is 3.14. The molecule has 2 aliphatic heterocycles. The molecule has 8 heteroatoms. The summed E-state index contributed by atoms with van der Waals surface area (Å²) in [4.78, 5) is 22.6. The summed E-state index contributed by atoms with van der Waals surface area (Å²) in [6, 6.07) is 8.72. The summed E-state index contributed by atoms with van der Waals surface area (Å²) in [5.41, 5.74) is 5.39. The maximum Gasteiger partial charge on any atom is 0.410 e. The molecule has 1 fully saturated rings. The van der Waals surface area contributed by atoms with Gasteiger partial charge in [0.1, 0.15) is 5.60 Å². The fourth-order valence-electron chi connectivity index (χ4n) is 4.70. The van der Waals surface area contributed by atoms with Crippen molar-refractivity contribution < 1.29 is 9.53 Å². The number of anilines is 1. The van der Waals surface area contributed by atoms with Crippen LogP contribution in [-0.2, 0) is 16.5 Å². The Hall–Kier alpha value is -1.83. The Morgan fingerprint density at radius 2 is 2.06 bits per heavy atom. The fourth-order valence-corrected chi connectivity index (χ4v) is 6.44. The van der Waals surface area contributed by atoms with Gasteiger partial charge in [-0.3, -0.25) is 4.98 Å². The zero-order valence-electron chi connectivity index (χ0n) is 19.0. The van der Waals surface area contributed by atoms with Crippen molar-refractivity contribution in [1.82, 2.24) is 9.88 Å². The van der Waals surface area contributed by atoms with E-state index in [9.17, 15) is 4.79 Å². The Morgan fingerprint density at radius 3 is 2.79 bits per heavy atom. The molecule has 0 saturated carbocycles. The van der Waals surface area contributed by atoms with E-state index in [1.807, 2.05) is 27.0 Å². The molecular weight excluding hydrogens is 522 g/mol. The number of likely N-dealkylation sites (tertiary alicyclic amines) is 1. The molecule has 2 aliphatic rings.